The van der Waals surface area contributed by atoms with Crippen molar-refractivity contribution < 1.29 is 0 Å². The van der Waals surface area contributed by atoms with Crippen LogP contribution in [0.4, 0.5) is 0 Å². The molecule has 0 saturated carbocycles. The number of thiol groups is 2. The Bertz CT molecular complexity index is 86.0. The number of hydrogen-bond donors (Lipinski definition) is 2. The van der Waals surface area contributed by atoms with Crippen LogP contribution in [0.15, 0.2) is 0 Å². The summed E-state index contributed by atoms with van der Waals surface area (Å²) in [6.07, 6.45) is 0. The van der Waals surface area contributed by atoms with Crippen LogP contribution in [0.25, 0.3) is 0 Å². The molecule has 2 unspecified atom stereocenters. The molecule has 1 saturated heterocycles. The Labute approximate surface area is 85.9 Å². The SMILES string of the molecule is SCC1SCSC(CS)S1. The lowest BCUT2D eigenvalue weighted by Crippen LogP contribution is -2.13. The Hall–Kier alpha value is 1.75. The van der Waals surface area contributed by atoms with Gasteiger partial charge in [0, 0.05) is 16.6 Å². The molecular weight excluding hydrogens is 220 g/mol. The molecule has 0 aliphatic carbocycles. The van der Waals surface area contributed by atoms with E-state index in [1.165, 1.54) is 5.08 Å². The van der Waals surface area contributed by atoms with Crippen LogP contribution in [0.2, 0.25) is 0 Å². The van der Waals surface area contributed by atoms with Crippen LogP contribution < -0.4 is 0 Å². The summed E-state index contributed by atoms with van der Waals surface area (Å²) in [6.45, 7) is 0. The van der Waals surface area contributed by atoms with Crippen molar-refractivity contribution in [3.63, 3.8) is 0 Å². The summed E-state index contributed by atoms with van der Waals surface area (Å²) in [5, 5.41) is 1.21. The molecule has 0 aromatic carbocycles. The molecule has 0 radical (unpaired) electrons. The zero-order valence-electron chi connectivity index (χ0n) is 5.40. The van der Waals surface area contributed by atoms with Crippen molar-refractivity contribution >= 4 is 60.5 Å². The predicted octanol–water partition coefficient (Wildman–Crippen LogP) is 2.67. The van der Waals surface area contributed by atoms with Crippen molar-refractivity contribution in [3.05, 3.63) is 0 Å². The van der Waals surface area contributed by atoms with Gasteiger partial charge in [0.25, 0.3) is 0 Å². The average molecular weight is 230 g/mol. The third kappa shape index (κ3) is 3.01. The van der Waals surface area contributed by atoms with E-state index in [4.69, 9.17) is 0 Å². The fourth-order valence-electron chi connectivity index (χ4n) is 0.630. The van der Waals surface area contributed by atoms with E-state index in [1.807, 2.05) is 35.3 Å². The van der Waals surface area contributed by atoms with Crippen molar-refractivity contribution in [2.24, 2.45) is 0 Å². The van der Waals surface area contributed by atoms with Gasteiger partial charge in [0.2, 0.25) is 0 Å². The maximum Gasteiger partial charge on any atom is 0.0610 e. The lowest BCUT2D eigenvalue weighted by molar-refractivity contribution is 1.38. The second kappa shape index (κ2) is 5.41. The van der Waals surface area contributed by atoms with Crippen LogP contribution in [-0.2, 0) is 0 Å². The van der Waals surface area contributed by atoms with E-state index < -0.39 is 0 Å². The van der Waals surface area contributed by atoms with Gasteiger partial charge in [0.1, 0.15) is 0 Å². The molecule has 0 N–H and O–H groups in total. The largest absolute Gasteiger partial charge is 0.177 e. The Morgan fingerprint density at radius 3 is 2.00 bits per heavy atom. The van der Waals surface area contributed by atoms with Gasteiger partial charge in [-0.2, -0.15) is 25.3 Å². The molecule has 0 spiro atoms. The van der Waals surface area contributed by atoms with Gasteiger partial charge in [-0.3, -0.25) is 0 Å². The smallest absolute Gasteiger partial charge is 0.0610 e. The highest BCUT2D eigenvalue weighted by atomic mass is 32.3. The molecular formula is C5H10S5. The van der Waals surface area contributed by atoms with Crippen LogP contribution in [0.1, 0.15) is 0 Å². The lowest BCUT2D eigenvalue weighted by atomic mass is 10.9. The molecule has 1 aliphatic rings. The predicted molar refractivity (Wildman–Crippen MR) is 62.9 cm³/mol. The summed E-state index contributed by atoms with van der Waals surface area (Å²) >= 11 is 14.5. The molecule has 5 heteroatoms. The molecule has 60 valence electrons. The minimum atomic E-state index is 0.696. The van der Waals surface area contributed by atoms with Gasteiger partial charge >= 0.3 is 0 Å². The molecule has 10 heavy (non-hydrogen) atoms. The monoisotopic (exact) mass is 230 g/mol. The molecule has 1 fully saturated rings. The third-order valence-electron chi connectivity index (χ3n) is 1.11. The molecule has 2 atom stereocenters. The van der Waals surface area contributed by atoms with Crippen molar-refractivity contribution in [3.8, 4) is 0 Å². The fourth-order valence-corrected chi connectivity index (χ4v) is 6.67. The first-order chi connectivity index (χ1) is 4.86. The van der Waals surface area contributed by atoms with Crippen molar-refractivity contribution in [1.82, 2.24) is 0 Å². The minimum Gasteiger partial charge on any atom is -0.177 e. The van der Waals surface area contributed by atoms with Gasteiger partial charge in [0.05, 0.1) is 9.16 Å². The molecule has 1 heterocycles. The molecule has 1 rings (SSSR count). The first-order valence-electron chi connectivity index (χ1n) is 2.97. The van der Waals surface area contributed by atoms with E-state index >= 15 is 0 Å². The average Bonchev–Trinajstić information content (AvgIpc) is 2.05. The van der Waals surface area contributed by atoms with E-state index in [2.05, 4.69) is 25.3 Å². The standard InChI is InChI=1S/C5H10S5/c6-1-4-8-3-9-5(2-7)10-4/h4-7H,1-3H2. The summed E-state index contributed by atoms with van der Waals surface area (Å²) < 4.78 is 1.39. The maximum absolute atomic E-state index is 4.27. The molecule has 0 nitrogen and oxygen atoms in total. The van der Waals surface area contributed by atoms with E-state index in [1.54, 1.807) is 0 Å². The highest BCUT2D eigenvalue weighted by Gasteiger charge is 2.20. The summed E-state index contributed by atoms with van der Waals surface area (Å²) in [4.78, 5) is 0. The second-order valence-electron chi connectivity index (χ2n) is 1.81. The Kier molecular flexibility index (Phi) is 5.32. The summed E-state index contributed by atoms with van der Waals surface area (Å²) in [7, 11) is 0. The van der Waals surface area contributed by atoms with Gasteiger partial charge in [-0.05, 0) is 0 Å². The topological polar surface area (TPSA) is 0 Å². The van der Waals surface area contributed by atoms with E-state index in [0.29, 0.717) is 9.16 Å². The lowest BCUT2D eigenvalue weighted by Gasteiger charge is -2.25. The zero-order valence-corrected chi connectivity index (χ0v) is 9.63. The number of rotatable bonds is 2. The molecule has 0 aromatic rings. The van der Waals surface area contributed by atoms with E-state index in [0.717, 1.165) is 11.5 Å². The summed E-state index contributed by atoms with van der Waals surface area (Å²) in [5.74, 6) is 1.97. The highest BCUT2D eigenvalue weighted by Crippen LogP contribution is 2.42. The van der Waals surface area contributed by atoms with Gasteiger partial charge in [-0.25, -0.2) is 0 Å². The maximum atomic E-state index is 4.27. The van der Waals surface area contributed by atoms with E-state index in [9.17, 15) is 0 Å². The first-order valence-corrected chi connectivity index (χ1v) is 7.27. The second-order valence-corrected chi connectivity index (χ2v) is 7.30. The third-order valence-corrected chi connectivity index (χ3v) is 7.42. The Morgan fingerprint density at radius 1 is 1.10 bits per heavy atom. The van der Waals surface area contributed by atoms with Crippen molar-refractivity contribution in [1.29, 1.82) is 0 Å². The van der Waals surface area contributed by atoms with Gasteiger partial charge < -0.3 is 0 Å². The van der Waals surface area contributed by atoms with Crippen LogP contribution in [0.3, 0.4) is 0 Å². The summed E-state index contributed by atoms with van der Waals surface area (Å²) in [5.41, 5.74) is 0. The van der Waals surface area contributed by atoms with Crippen LogP contribution in [-0.4, -0.2) is 25.8 Å². The minimum absolute atomic E-state index is 0.696. The number of thioether (sulfide) groups is 3. The van der Waals surface area contributed by atoms with Crippen LogP contribution in [0, 0.1) is 0 Å². The van der Waals surface area contributed by atoms with Crippen molar-refractivity contribution in [2.75, 3.05) is 16.6 Å². The molecule has 0 aromatic heterocycles. The number of hydrogen-bond acceptors (Lipinski definition) is 5. The summed E-state index contributed by atoms with van der Waals surface area (Å²) in [6, 6.07) is 0. The van der Waals surface area contributed by atoms with Crippen molar-refractivity contribution in [2.45, 2.75) is 9.16 Å². The van der Waals surface area contributed by atoms with Crippen LogP contribution >= 0.6 is 60.5 Å². The highest BCUT2D eigenvalue weighted by molar-refractivity contribution is 8.33. The van der Waals surface area contributed by atoms with Gasteiger partial charge in [0.15, 0.2) is 0 Å². The normalized spacial score (nSPS) is 34.2. The van der Waals surface area contributed by atoms with Gasteiger partial charge in [-0.1, -0.05) is 0 Å². The fraction of sp³-hybridized carbons (Fsp3) is 1.00. The first kappa shape index (κ1) is 9.84. The van der Waals surface area contributed by atoms with E-state index in [-0.39, 0.29) is 0 Å². The molecule has 0 bridgehead atoms. The zero-order chi connectivity index (χ0) is 7.40. The Morgan fingerprint density at radius 2 is 1.60 bits per heavy atom. The quantitative estimate of drug-likeness (QED) is 0.701. The molecule has 0 amide bonds. The Balaban J connectivity index is 2.25. The molecule has 1 aliphatic heterocycles. The van der Waals surface area contributed by atoms with Gasteiger partial charge in [-0.15, -0.1) is 35.3 Å². The van der Waals surface area contributed by atoms with Crippen LogP contribution in [0.5, 0.6) is 0 Å².